The maximum atomic E-state index is 5.65. The summed E-state index contributed by atoms with van der Waals surface area (Å²) in [5, 5.41) is 17.1. The fourth-order valence-electron chi connectivity index (χ4n) is 0.821. The molecule has 0 spiro atoms. The van der Waals surface area contributed by atoms with E-state index in [1.165, 1.54) is 11.3 Å². The van der Waals surface area contributed by atoms with Crippen LogP contribution >= 0.6 is 34.7 Å². The molecule has 0 fully saturated rings. The zero-order chi connectivity index (χ0) is 9.97. The van der Waals surface area contributed by atoms with Crippen molar-refractivity contribution in [3.05, 3.63) is 15.8 Å². The number of rotatable bonds is 3. The average Bonchev–Trinajstić information content (AvgIpc) is 2.72. The fraction of sp³-hybridized carbons (Fsp3) is 0.333. The van der Waals surface area contributed by atoms with Crippen molar-refractivity contribution in [2.45, 2.75) is 10.9 Å². The summed E-state index contributed by atoms with van der Waals surface area (Å²) in [4.78, 5) is 0. The lowest BCUT2D eigenvalue weighted by Gasteiger charge is -1.95. The highest BCUT2D eigenvalue weighted by atomic mass is 35.5. The molecule has 2 aromatic heterocycles. The van der Waals surface area contributed by atoms with Gasteiger partial charge in [-0.3, -0.25) is 0 Å². The molecule has 2 rings (SSSR count). The number of hydrogen-bond acceptors (Lipinski definition) is 6. The molecule has 0 N–H and O–H groups in total. The van der Waals surface area contributed by atoms with Gasteiger partial charge in [-0.25, -0.2) is 0 Å². The maximum absolute atomic E-state index is 5.65. The molecule has 14 heavy (non-hydrogen) atoms. The summed E-state index contributed by atoms with van der Waals surface area (Å²) in [6.45, 7) is 0. The topological polar surface area (TPSA) is 56.5 Å². The molecule has 2 aromatic rings. The highest BCUT2D eigenvalue weighted by Crippen LogP contribution is 2.23. The Hall–Kier alpha value is -0.660. The normalized spacial score (nSPS) is 10.7. The summed E-state index contributed by atoms with van der Waals surface area (Å²) >= 11 is 8.59. The summed E-state index contributed by atoms with van der Waals surface area (Å²) in [6.07, 6.45) is 1.66. The van der Waals surface area contributed by atoms with Crippen LogP contribution < -0.4 is 0 Å². The monoisotopic (exact) mass is 247 g/mol. The van der Waals surface area contributed by atoms with Crippen LogP contribution in [0.15, 0.2) is 11.5 Å². The predicted octanol–water partition coefficient (Wildman–Crippen LogP) is 1.61. The summed E-state index contributed by atoms with van der Waals surface area (Å²) in [7, 11) is 1.90. The summed E-state index contributed by atoms with van der Waals surface area (Å²) < 4.78 is 2.33. The van der Waals surface area contributed by atoms with Crippen LogP contribution in [0.3, 0.4) is 0 Å². The molecule has 0 atom stereocenters. The van der Waals surface area contributed by atoms with Gasteiger partial charge in [0.25, 0.3) is 0 Å². The van der Waals surface area contributed by atoms with Gasteiger partial charge in [0.05, 0.1) is 5.75 Å². The van der Waals surface area contributed by atoms with E-state index in [1.807, 2.05) is 11.6 Å². The molecule has 0 bridgehead atoms. The van der Waals surface area contributed by atoms with Gasteiger partial charge in [0.1, 0.15) is 11.3 Å². The van der Waals surface area contributed by atoms with Crippen LogP contribution in [0.5, 0.6) is 0 Å². The molecule has 0 saturated carbocycles. The van der Waals surface area contributed by atoms with Gasteiger partial charge in [0.2, 0.25) is 4.47 Å². The molecule has 0 amide bonds. The molecular weight excluding hydrogens is 242 g/mol. The Morgan fingerprint density at radius 3 is 2.93 bits per heavy atom. The second-order valence-corrected chi connectivity index (χ2v) is 5.05. The average molecular weight is 248 g/mol. The molecule has 0 aromatic carbocycles. The third-order valence-corrected chi connectivity index (χ3v) is 3.68. The number of thioether (sulfide) groups is 1. The Morgan fingerprint density at radius 2 is 2.36 bits per heavy atom. The van der Waals surface area contributed by atoms with Crippen molar-refractivity contribution in [2.75, 3.05) is 0 Å². The van der Waals surface area contributed by atoms with Crippen molar-refractivity contribution in [1.82, 2.24) is 25.0 Å². The van der Waals surface area contributed by atoms with Crippen molar-refractivity contribution >= 4 is 34.7 Å². The number of nitrogens with zero attached hydrogens (tertiary/aromatic N) is 5. The SMILES string of the molecule is Cn1cnnc1SCc1nnc(Cl)s1. The molecule has 0 saturated heterocycles. The van der Waals surface area contributed by atoms with E-state index in [0.717, 1.165) is 15.9 Å². The molecule has 0 radical (unpaired) electrons. The van der Waals surface area contributed by atoms with Crippen LogP contribution in [0.1, 0.15) is 5.01 Å². The van der Waals surface area contributed by atoms with Crippen LogP contribution in [0.25, 0.3) is 0 Å². The molecular formula is C6H6ClN5S2. The minimum absolute atomic E-state index is 0.471. The van der Waals surface area contributed by atoms with Crippen molar-refractivity contribution in [1.29, 1.82) is 0 Å². The van der Waals surface area contributed by atoms with Crippen molar-refractivity contribution in [2.24, 2.45) is 7.05 Å². The third kappa shape index (κ3) is 2.23. The largest absolute Gasteiger partial charge is 0.312 e. The number of aromatic nitrogens is 5. The van der Waals surface area contributed by atoms with Crippen molar-refractivity contribution < 1.29 is 0 Å². The van der Waals surface area contributed by atoms with E-state index in [4.69, 9.17) is 11.6 Å². The Bertz CT molecular complexity index is 425. The molecule has 0 unspecified atom stereocenters. The van der Waals surface area contributed by atoms with Gasteiger partial charge in [0.15, 0.2) is 5.16 Å². The third-order valence-electron chi connectivity index (χ3n) is 1.44. The molecule has 74 valence electrons. The van der Waals surface area contributed by atoms with Gasteiger partial charge in [-0.05, 0) is 11.6 Å². The summed E-state index contributed by atoms with van der Waals surface area (Å²) in [5.41, 5.74) is 0. The molecule has 8 heteroatoms. The lowest BCUT2D eigenvalue weighted by Crippen LogP contribution is -1.89. The Kier molecular flexibility index (Phi) is 2.99. The van der Waals surface area contributed by atoms with E-state index in [1.54, 1.807) is 18.1 Å². The molecule has 2 heterocycles. The molecule has 0 aliphatic heterocycles. The number of halogens is 1. The van der Waals surface area contributed by atoms with Crippen LogP contribution in [-0.4, -0.2) is 25.0 Å². The van der Waals surface area contributed by atoms with E-state index in [2.05, 4.69) is 20.4 Å². The van der Waals surface area contributed by atoms with Crippen molar-refractivity contribution in [3.8, 4) is 0 Å². The Balaban J connectivity index is 1.98. The number of hydrogen-bond donors (Lipinski definition) is 0. The van der Waals surface area contributed by atoms with Gasteiger partial charge in [-0.15, -0.1) is 20.4 Å². The Morgan fingerprint density at radius 1 is 1.50 bits per heavy atom. The zero-order valence-electron chi connectivity index (χ0n) is 7.21. The maximum Gasteiger partial charge on any atom is 0.207 e. The highest BCUT2D eigenvalue weighted by molar-refractivity contribution is 7.98. The van der Waals surface area contributed by atoms with Crippen LogP contribution in [0.2, 0.25) is 4.47 Å². The van der Waals surface area contributed by atoms with Crippen LogP contribution in [-0.2, 0) is 12.8 Å². The summed E-state index contributed by atoms with van der Waals surface area (Å²) in [5.74, 6) is 0.719. The standard InChI is InChI=1S/C6H6ClN5S2/c1-12-3-8-11-6(12)13-2-4-9-10-5(7)14-4/h3H,2H2,1H3. The first-order valence-corrected chi connectivity index (χ1v) is 5.88. The minimum atomic E-state index is 0.471. The number of aryl methyl sites for hydroxylation is 1. The van der Waals surface area contributed by atoms with Crippen LogP contribution in [0, 0.1) is 0 Å². The van der Waals surface area contributed by atoms with Gasteiger partial charge in [-0.1, -0.05) is 23.1 Å². The molecule has 0 aliphatic carbocycles. The first-order valence-electron chi connectivity index (χ1n) is 3.70. The van der Waals surface area contributed by atoms with E-state index < -0.39 is 0 Å². The van der Waals surface area contributed by atoms with E-state index in [0.29, 0.717) is 4.47 Å². The lowest BCUT2D eigenvalue weighted by atomic mass is 10.9. The van der Waals surface area contributed by atoms with Gasteiger partial charge in [0, 0.05) is 7.05 Å². The zero-order valence-corrected chi connectivity index (χ0v) is 9.60. The second kappa shape index (κ2) is 4.24. The minimum Gasteiger partial charge on any atom is -0.312 e. The fourth-order valence-corrected chi connectivity index (χ4v) is 2.56. The van der Waals surface area contributed by atoms with Crippen molar-refractivity contribution in [3.63, 3.8) is 0 Å². The van der Waals surface area contributed by atoms with Gasteiger partial charge in [-0.2, -0.15) is 0 Å². The predicted molar refractivity (Wildman–Crippen MR) is 55.5 cm³/mol. The molecule has 5 nitrogen and oxygen atoms in total. The quantitative estimate of drug-likeness (QED) is 0.772. The van der Waals surface area contributed by atoms with E-state index in [9.17, 15) is 0 Å². The summed E-state index contributed by atoms with van der Waals surface area (Å²) in [6, 6.07) is 0. The Labute approximate surface area is 93.5 Å². The van der Waals surface area contributed by atoms with E-state index >= 15 is 0 Å². The lowest BCUT2D eigenvalue weighted by molar-refractivity contribution is 0.788. The van der Waals surface area contributed by atoms with Gasteiger partial charge >= 0.3 is 0 Å². The van der Waals surface area contributed by atoms with Gasteiger partial charge < -0.3 is 4.57 Å². The smallest absolute Gasteiger partial charge is 0.207 e. The van der Waals surface area contributed by atoms with E-state index in [-0.39, 0.29) is 0 Å². The second-order valence-electron chi connectivity index (χ2n) is 2.46. The first-order chi connectivity index (χ1) is 6.75. The highest BCUT2D eigenvalue weighted by Gasteiger charge is 2.05. The van der Waals surface area contributed by atoms with Crippen LogP contribution in [0.4, 0.5) is 0 Å². The molecule has 0 aliphatic rings. The first kappa shape index (κ1) is 9.88.